The Morgan fingerprint density at radius 3 is 2.09 bits per heavy atom. The predicted molar refractivity (Wildman–Crippen MR) is 131 cm³/mol. The van der Waals surface area contributed by atoms with Gasteiger partial charge in [0, 0.05) is 11.4 Å². The van der Waals surface area contributed by atoms with E-state index in [0.717, 1.165) is 0 Å². The van der Waals surface area contributed by atoms with E-state index in [1.807, 2.05) is 13.0 Å². The third-order valence-corrected chi connectivity index (χ3v) is 5.81. The molecule has 0 aliphatic rings. The monoisotopic (exact) mass is 485 g/mol. The number of ether oxygens (including phenoxy) is 2. The number of sulfonamides is 1. The molecule has 3 N–H and O–H groups in total. The second kappa shape index (κ2) is 11.3. The highest BCUT2D eigenvalue weighted by atomic mass is 32.2. The molecule has 0 fully saturated rings. The molecular weight excluding hydrogens is 462 g/mol. The maximum Gasteiger partial charge on any atom is 0.264 e. The molecule has 3 aromatic rings. The first-order valence-electron chi connectivity index (χ1n) is 10.00. The van der Waals surface area contributed by atoms with Crippen LogP contribution in [-0.2, 0) is 14.8 Å². The molecule has 8 nitrogen and oxygen atoms in total. The molecule has 3 rings (SSSR count). The fourth-order valence-corrected chi connectivity index (χ4v) is 4.00. The van der Waals surface area contributed by atoms with Gasteiger partial charge in [0.05, 0.1) is 11.5 Å². The van der Waals surface area contributed by atoms with Gasteiger partial charge in [0.25, 0.3) is 15.9 Å². The molecule has 0 saturated heterocycles. The number of benzene rings is 3. The summed E-state index contributed by atoms with van der Waals surface area (Å²) < 4.78 is 38.5. The Bertz CT molecular complexity index is 1180. The van der Waals surface area contributed by atoms with Gasteiger partial charge in [0.15, 0.2) is 11.7 Å². The van der Waals surface area contributed by atoms with Crippen molar-refractivity contribution in [2.24, 2.45) is 0 Å². The number of rotatable bonds is 9. The zero-order chi connectivity index (χ0) is 23.7. The van der Waals surface area contributed by atoms with E-state index in [-0.39, 0.29) is 16.6 Å². The van der Waals surface area contributed by atoms with Gasteiger partial charge in [0.1, 0.15) is 11.5 Å². The minimum Gasteiger partial charge on any atom is -0.494 e. The van der Waals surface area contributed by atoms with E-state index in [1.165, 1.54) is 12.1 Å². The summed E-state index contributed by atoms with van der Waals surface area (Å²) in [7, 11) is -3.77. The van der Waals surface area contributed by atoms with Crippen LogP contribution < -0.4 is 24.8 Å². The van der Waals surface area contributed by atoms with Crippen molar-refractivity contribution < 1.29 is 22.7 Å². The minimum absolute atomic E-state index is 0.0692. The Labute approximate surface area is 198 Å². The van der Waals surface area contributed by atoms with Crippen LogP contribution in [-0.4, -0.2) is 32.7 Å². The van der Waals surface area contributed by atoms with Crippen molar-refractivity contribution in [3.63, 3.8) is 0 Å². The molecule has 33 heavy (non-hydrogen) atoms. The number of hydrogen-bond acceptors (Lipinski definition) is 6. The molecule has 3 aromatic carbocycles. The first-order chi connectivity index (χ1) is 15.9. The fraction of sp³-hybridized carbons (Fsp3) is 0.130. The number of thiocarbonyl (C=S) groups is 1. The maximum absolute atomic E-state index is 12.6. The number of amides is 1. The summed E-state index contributed by atoms with van der Waals surface area (Å²) in [6.07, 6.45) is 0. The quantitative estimate of drug-likeness (QED) is 0.396. The molecule has 1 amide bonds. The lowest BCUT2D eigenvalue weighted by Gasteiger charge is -2.12. The van der Waals surface area contributed by atoms with E-state index in [1.54, 1.807) is 60.7 Å². The van der Waals surface area contributed by atoms with Gasteiger partial charge in [-0.15, -0.1) is 0 Å². The van der Waals surface area contributed by atoms with E-state index >= 15 is 0 Å². The van der Waals surface area contributed by atoms with E-state index in [9.17, 15) is 13.2 Å². The van der Waals surface area contributed by atoms with Crippen molar-refractivity contribution in [1.29, 1.82) is 0 Å². The van der Waals surface area contributed by atoms with Crippen molar-refractivity contribution in [2.45, 2.75) is 11.8 Å². The van der Waals surface area contributed by atoms with Gasteiger partial charge in [-0.25, -0.2) is 8.42 Å². The number of carbonyl (C=O) groups is 1. The second-order valence-corrected chi connectivity index (χ2v) is 8.78. The molecule has 0 unspecified atom stereocenters. The van der Waals surface area contributed by atoms with Gasteiger partial charge in [-0.1, -0.05) is 18.2 Å². The van der Waals surface area contributed by atoms with Crippen molar-refractivity contribution in [1.82, 2.24) is 5.32 Å². The van der Waals surface area contributed by atoms with Gasteiger partial charge < -0.3 is 14.8 Å². The van der Waals surface area contributed by atoms with Crippen molar-refractivity contribution >= 4 is 44.6 Å². The number of para-hydroxylation sites is 1. The standard InChI is InChI=1S/C23H23N3O5S2/c1-2-30-20-12-8-18(9-13-20)26-33(28,29)21-14-10-17(11-15-21)24-23(32)25-22(27)16-31-19-6-4-3-5-7-19/h3-15,26H,2,16H2,1H3,(H2,24,25,27,32). The lowest BCUT2D eigenvalue weighted by Crippen LogP contribution is -2.37. The SMILES string of the molecule is CCOc1ccc(NS(=O)(=O)c2ccc(NC(=S)NC(=O)COc3ccccc3)cc2)cc1. The molecule has 172 valence electrons. The molecule has 0 radical (unpaired) electrons. The zero-order valence-corrected chi connectivity index (χ0v) is 19.4. The Balaban J connectivity index is 1.52. The van der Waals surface area contributed by atoms with Gasteiger partial charge in [0.2, 0.25) is 0 Å². The minimum atomic E-state index is -3.77. The van der Waals surface area contributed by atoms with E-state index in [0.29, 0.717) is 29.5 Å². The smallest absolute Gasteiger partial charge is 0.264 e. The summed E-state index contributed by atoms with van der Waals surface area (Å²) in [5.41, 5.74) is 0.937. The highest BCUT2D eigenvalue weighted by Gasteiger charge is 2.14. The van der Waals surface area contributed by atoms with Crippen LogP contribution in [0, 0.1) is 0 Å². The summed E-state index contributed by atoms with van der Waals surface area (Å²) in [5, 5.41) is 5.41. The Morgan fingerprint density at radius 2 is 1.45 bits per heavy atom. The van der Waals surface area contributed by atoms with Gasteiger partial charge in [-0.3, -0.25) is 14.8 Å². The maximum atomic E-state index is 12.6. The number of carbonyl (C=O) groups excluding carboxylic acids is 1. The first-order valence-corrected chi connectivity index (χ1v) is 11.9. The molecule has 0 heterocycles. The Kier molecular flexibility index (Phi) is 8.22. The van der Waals surface area contributed by atoms with Crippen LogP contribution in [0.2, 0.25) is 0 Å². The molecular formula is C23H23N3O5S2. The van der Waals surface area contributed by atoms with Gasteiger partial charge in [-0.2, -0.15) is 0 Å². The van der Waals surface area contributed by atoms with E-state index in [2.05, 4.69) is 15.4 Å². The normalized spacial score (nSPS) is 10.7. The van der Waals surface area contributed by atoms with Crippen LogP contribution >= 0.6 is 12.2 Å². The Hall–Kier alpha value is -3.63. The zero-order valence-electron chi connectivity index (χ0n) is 17.8. The van der Waals surface area contributed by atoms with Gasteiger partial charge in [-0.05, 0) is 79.8 Å². The summed E-state index contributed by atoms with van der Waals surface area (Å²) in [6, 6.07) is 21.5. The number of anilines is 2. The lowest BCUT2D eigenvalue weighted by molar-refractivity contribution is -0.121. The molecule has 0 aliphatic heterocycles. The molecule has 0 saturated carbocycles. The third-order valence-electron chi connectivity index (χ3n) is 4.21. The number of nitrogens with one attached hydrogen (secondary N) is 3. The average Bonchev–Trinajstić information content (AvgIpc) is 2.80. The highest BCUT2D eigenvalue weighted by Crippen LogP contribution is 2.20. The molecule has 0 aromatic heterocycles. The summed E-state index contributed by atoms with van der Waals surface area (Å²) in [4.78, 5) is 12.1. The molecule has 0 spiro atoms. The summed E-state index contributed by atoms with van der Waals surface area (Å²) >= 11 is 5.13. The highest BCUT2D eigenvalue weighted by molar-refractivity contribution is 7.92. The largest absolute Gasteiger partial charge is 0.494 e. The number of hydrogen-bond donors (Lipinski definition) is 3. The molecule has 0 bridgehead atoms. The van der Waals surface area contributed by atoms with Crippen molar-refractivity contribution in [3.8, 4) is 11.5 Å². The van der Waals surface area contributed by atoms with Crippen molar-refractivity contribution in [3.05, 3.63) is 78.9 Å². The van der Waals surface area contributed by atoms with E-state index < -0.39 is 15.9 Å². The fourth-order valence-electron chi connectivity index (χ4n) is 2.71. The van der Waals surface area contributed by atoms with Crippen LogP contribution in [0.5, 0.6) is 11.5 Å². The Morgan fingerprint density at radius 1 is 0.848 bits per heavy atom. The van der Waals surface area contributed by atoms with Crippen LogP contribution in [0.15, 0.2) is 83.8 Å². The van der Waals surface area contributed by atoms with Crippen LogP contribution in [0.4, 0.5) is 11.4 Å². The summed E-state index contributed by atoms with van der Waals surface area (Å²) in [5.74, 6) is 0.808. The van der Waals surface area contributed by atoms with E-state index in [4.69, 9.17) is 21.7 Å². The topological polar surface area (TPSA) is 106 Å². The third kappa shape index (κ3) is 7.48. The van der Waals surface area contributed by atoms with Crippen LogP contribution in [0.3, 0.4) is 0 Å². The molecule has 0 atom stereocenters. The lowest BCUT2D eigenvalue weighted by atomic mass is 10.3. The molecule has 0 aliphatic carbocycles. The molecule has 10 heteroatoms. The van der Waals surface area contributed by atoms with Gasteiger partial charge >= 0.3 is 0 Å². The first kappa shape index (κ1) is 24.0. The van der Waals surface area contributed by atoms with Crippen LogP contribution in [0.25, 0.3) is 0 Å². The van der Waals surface area contributed by atoms with Crippen molar-refractivity contribution in [2.75, 3.05) is 23.3 Å². The second-order valence-electron chi connectivity index (χ2n) is 6.69. The van der Waals surface area contributed by atoms with Crippen LogP contribution in [0.1, 0.15) is 6.92 Å². The summed E-state index contributed by atoms with van der Waals surface area (Å²) in [6.45, 7) is 2.20. The average molecular weight is 486 g/mol. The predicted octanol–water partition coefficient (Wildman–Crippen LogP) is 3.78.